The monoisotopic (exact) mass is 552 g/mol. The quantitative estimate of drug-likeness (QED) is 0.0852. The topological polar surface area (TPSA) is 52.6 Å². The number of carbonyl (C=O) groups is 2. The van der Waals surface area contributed by atoms with Crippen LogP contribution in [0.4, 0.5) is 0 Å². The van der Waals surface area contributed by atoms with E-state index in [-0.39, 0.29) is 0 Å². The van der Waals surface area contributed by atoms with Crippen LogP contribution in [0.5, 0.6) is 11.5 Å². The van der Waals surface area contributed by atoms with Crippen molar-refractivity contribution in [2.75, 3.05) is 0 Å². The Bertz CT molecular complexity index is 1520. The van der Waals surface area contributed by atoms with Gasteiger partial charge in [0.25, 0.3) is 0 Å². The van der Waals surface area contributed by atoms with Crippen LogP contribution in [0, 0.1) is 0 Å². The average molecular weight is 553 g/mol. The fourth-order valence-electron chi connectivity index (χ4n) is 3.70. The molecule has 208 valence electrons. The fourth-order valence-corrected chi connectivity index (χ4v) is 3.70. The van der Waals surface area contributed by atoms with E-state index < -0.39 is 11.9 Å². The Morgan fingerprint density at radius 2 is 0.619 bits per heavy atom. The zero-order valence-electron chi connectivity index (χ0n) is 23.7. The Morgan fingerprint density at radius 1 is 0.429 bits per heavy atom. The highest BCUT2D eigenvalue weighted by Crippen LogP contribution is 2.18. The summed E-state index contributed by atoms with van der Waals surface area (Å²) >= 11 is 0. The van der Waals surface area contributed by atoms with Crippen LogP contribution in [0.15, 0.2) is 121 Å². The van der Waals surface area contributed by atoms with Gasteiger partial charge in [-0.25, -0.2) is 9.59 Å². The van der Waals surface area contributed by atoms with Crippen molar-refractivity contribution in [3.05, 3.63) is 155 Å². The van der Waals surface area contributed by atoms with Crippen molar-refractivity contribution < 1.29 is 19.1 Å². The van der Waals surface area contributed by atoms with Crippen LogP contribution in [0.2, 0.25) is 0 Å². The SMILES string of the molecule is C=C(C)C(=O)Oc1ccc(C=Cc2ccc(C=Cc3ccc(C=Cc4ccc(OC(=O)C(=C)C)cc4)cc3)cc2)cc1. The minimum Gasteiger partial charge on any atom is -0.423 e. The van der Waals surface area contributed by atoms with E-state index >= 15 is 0 Å². The molecule has 4 rings (SSSR count). The Kier molecular flexibility index (Phi) is 10.0. The maximum atomic E-state index is 11.6. The second-order valence-electron chi connectivity index (χ2n) is 9.81. The molecule has 0 fully saturated rings. The van der Waals surface area contributed by atoms with Crippen LogP contribution in [-0.4, -0.2) is 11.9 Å². The number of rotatable bonds is 10. The first-order valence-electron chi connectivity index (χ1n) is 13.4. The summed E-state index contributed by atoms with van der Waals surface area (Å²) < 4.78 is 10.5. The van der Waals surface area contributed by atoms with E-state index in [9.17, 15) is 9.59 Å². The molecule has 0 saturated heterocycles. The molecule has 42 heavy (non-hydrogen) atoms. The summed E-state index contributed by atoms with van der Waals surface area (Å²) in [5.41, 5.74) is 7.14. The highest BCUT2D eigenvalue weighted by molar-refractivity contribution is 5.89. The van der Waals surface area contributed by atoms with Gasteiger partial charge in [-0.15, -0.1) is 0 Å². The van der Waals surface area contributed by atoms with Gasteiger partial charge in [0.15, 0.2) is 0 Å². The van der Waals surface area contributed by atoms with Gasteiger partial charge < -0.3 is 9.47 Å². The first kappa shape index (κ1) is 29.5. The molecule has 4 heteroatoms. The van der Waals surface area contributed by atoms with Crippen molar-refractivity contribution >= 4 is 48.4 Å². The van der Waals surface area contributed by atoms with Gasteiger partial charge in [-0.1, -0.05) is 122 Å². The van der Waals surface area contributed by atoms with Crippen LogP contribution < -0.4 is 9.47 Å². The van der Waals surface area contributed by atoms with E-state index in [1.807, 2.05) is 48.6 Å². The van der Waals surface area contributed by atoms with Crippen LogP contribution in [-0.2, 0) is 9.59 Å². The molecular formula is C38H32O4. The van der Waals surface area contributed by atoms with Gasteiger partial charge in [-0.2, -0.15) is 0 Å². The standard InChI is InChI=1S/C38H32O4/c1-27(2)37(39)41-35-23-19-33(20-24-35)17-15-31-11-7-29(8-12-31)5-6-30-9-13-32(14-10-30)16-18-34-21-25-36(26-22-34)42-38(40)28(3)4/h5-26H,1,3H2,2,4H3. The van der Waals surface area contributed by atoms with Gasteiger partial charge in [0.05, 0.1) is 0 Å². The Morgan fingerprint density at radius 3 is 0.810 bits per heavy atom. The molecular weight excluding hydrogens is 520 g/mol. The molecule has 0 spiro atoms. The van der Waals surface area contributed by atoms with E-state index in [4.69, 9.17) is 9.47 Å². The molecule has 0 saturated carbocycles. The van der Waals surface area contributed by atoms with E-state index in [1.54, 1.807) is 38.1 Å². The van der Waals surface area contributed by atoms with Crippen LogP contribution in [0.3, 0.4) is 0 Å². The minimum absolute atomic E-state index is 0.366. The lowest BCUT2D eigenvalue weighted by Gasteiger charge is -2.03. The summed E-state index contributed by atoms with van der Waals surface area (Å²) in [4.78, 5) is 23.3. The summed E-state index contributed by atoms with van der Waals surface area (Å²) in [6.07, 6.45) is 12.3. The maximum absolute atomic E-state index is 11.6. The third-order valence-corrected chi connectivity index (χ3v) is 6.16. The second kappa shape index (κ2) is 14.2. The van der Waals surface area contributed by atoms with Gasteiger partial charge in [0.1, 0.15) is 11.5 Å². The third-order valence-electron chi connectivity index (χ3n) is 6.16. The molecule has 0 N–H and O–H groups in total. The molecule has 0 atom stereocenters. The molecule has 0 unspecified atom stereocenters. The summed E-state index contributed by atoms with van der Waals surface area (Å²) in [6, 6.07) is 31.3. The van der Waals surface area contributed by atoms with Crippen molar-refractivity contribution in [3.8, 4) is 11.5 Å². The van der Waals surface area contributed by atoms with Gasteiger partial charge in [0.2, 0.25) is 0 Å². The molecule has 4 aromatic carbocycles. The fraction of sp³-hybridized carbons (Fsp3) is 0.0526. The zero-order valence-corrected chi connectivity index (χ0v) is 23.7. The predicted octanol–water partition coefficient (Wildman–Crippen LogP) is 9.16. The van der Waals surface area contributed by atoms with Crippen molar-refractivity contribution in [3.63, 3.8) is 0 Å². The lowest BCUT2D eigenvalue weighted by Crippen LogP contribution is -2.07. The first-order valence-corrected chi connectivity index (χ1v) is 13.4. The van der Waals surface area contributed by atoms with Crippen LogP contribution >= 0.6 is 0 Å². The summed E-state index contributed by atoms with van der Waals surface area (Å²) in [6.45, 7) is 10.4. The van der Waals surface area contributed by atoms with Gasteiger partial charge in [-0.05, 0) is 71.5 Å². The van der Waals surface area contributed by atoms with Crippen molar-refractivity contribution in [1.29, 1.82) is 0 Å². The van der Waals surface area contributed by atoms with E-state index in [0.29, 0.717) is 22.6 Å². The number of hydrogen-bond donors (Lipinski definition) is 0. The molecule has 0 aromatic heterocycles. The summed E-state index contributed by atoms with van der Waals surface area (Å²) in [5, 5.41) is 0. The minimum atomic E-state index is -0.428. The highest BCUT2D eigenvalue weighted by Gasteiger charge is 2.05. The van der Waals surface area contributed by atoms with Crippen molar-refractivity contribution in [2.24, 2.45) is 0 Å². The normalized spacial score (nSPS) is 11.2. The highest BCUT2D eigenvalue weighted by atomic mass is 16.5. The Hall–Kier alpha value is -5.48. The van der Waals surface area contributed by atoms with Crippen LogP contribution in [0.25, 0.3) is 36.5 Å². The Labute approximate surface area is 247 Å². The smallest absolute Gasteiger partial charge is 0.338 e. The molecule has 0 aliphatic carbocycles. The number of benzene rings is 4. The predicted molar refractivity (Wildman–Crippen MR) is 173 cm³/mol. The molecule has 0 aliphatic heterocycles. The zero-order chi connectivity index (χ0) is 29.9. The molecule has 0 heterocycles. The van der Waals surface area contributed by atoms with Crippen LogP contribution in [0.1, 0.15) is 47.2 Å². The van der Waals surface area contributed by atoms with E-state index in [2.05, 4.69) is 73.8 Å². The largest absolute Gasteiger partial charge is 0.423 e. The molecule has 4 aromatic rings. The van der Waals surface area contributed by atoms with Gasteiger partial charge >= 0.3 is 11.9 Å². The molecule has 4 nitrogen and oxygen atoms in total. The number of ether oxygens (including phenoxy) is 2. The van der Waals surface area contributed by atoms with Crippen molar-refractivity contribution in [2.45, 2.75) is 13.8 Å². The first-order chi connectivity index (χ1) is 20.2. The summed E-state index contributed by atoms with van der Waals surface area (Å²) in [7, 11) is 0. The molecule has 0 bridgehead atoms. The second-order valence-corrected chi connectivity index (χ2v) is 9.81. The Balaban J connectivity index is 1.28. The van der Waals surface area contributed by atoms with Gasteiger partial charge in [-0.3, -0.25) is 0 Å². The molecule has 0 aliphatic rings. The lowest BCUT2D eigenvalue weighted by atomic mass is 10.1. The van der Waals surface area contributed by atoms with E-state index in [0.717, 1.165) is 33.4 Å². The lowest BCUT2D eigenvalue weighted by molar-refractivity contribution is -0.130. The molecule has 0 radical (unpaired) electrons. The molecule has 0 amide bonds. The van der Waals surface area contributed by atoms with E-state index in [1.165, 1.54) is 0 Å². The summed E-state index contributed by atoms with van der Waals surface area (Å²) in [5.74, 6) is 0.134. The van der Waals surface area contributed by atoms with Gasteiger partial charge in [0, 0.05) is 11.1 Å². The number of carbonyl (C=O) groups excluding carboxylic acids is 2. The average Bonchev–Trinajstić information content (AvgIpc) is 3.00. The number of esters is 2. The third kappa shape index (κ3) is 9.04. The van der Waals surface area contributed by atoms with Crippen molar-refractivity contribution in [1.82, 2.24) is 0 Å². The number of hydrogen-bond acceptors (Lipinski definition) is 4. The maximum Gasteiger partial charge on any atom is 0.338 e.